The highest BCUT2D eigenvalue weighted by Crippen LogP contribution is 2.23. The Labute approximate surface area is 154 Å². The van der Waals surface area contributed by atoms with E-state index >= 15 is 0 Å². The average molecular weight is 419 g/mol. The van der Waals surface area contributed by atoms with Gasteiger partial charge in [-0.1, -0.05) is 59.3 Å². The lowest BCUT2D eigenvalue weighted by molar-refractivity contribution is 0.567. The highest BCUT2D eigenvalue weighted by Gasteiger charge is 2.46. The molecule has 0 unspecified atom stereocenters. The number of unbranched alkanes of at least 4 members (excludes halogenated alkanes) is 6. The zero-order chi connectivity index (χ0) is 19.6. The fourth-order valence-electron chi connectivity index (χ4n) is 2.62. The first-order chi connectivity index (χ1) is 11.5. The van der Waals surface area contributed by atoms with Crippen molar-refractivity contribution in [2.75, 3.05) is 17.3 Å². The average Bonchev–Trinajstić information content (AvgIpc) is 2.46. The molecule has 0 amide bonds. The quantitative estimate of drug-likeness (QED) is 0.379. The first-order valence-electron chi connectivity index (χ1n) is 9.19. The number of sulfone groups is 3. The maximum Gasteiger partial charge on any atom is 0.262 e. The van der Waals surface area contributed by atoms with E-state index < -0.39 is 50.7 Å². The molecule has 0 aromatic carbocycles. The summed E-state index contributed by atoms with van der Waals surface area (Å²) in [6, 6.07) is 0. The van der Waals surface area contributed by atoms with Gasteiger partial charge in [-0.3, -0.25) is 0 Å². The second kappa shape index (κ2) is 11.5. The monoisotopic (exact) mass is 418 g/mol. The fourth-order valence-corrected chi connectivity index (χ4v) is 12.1. The van der Waals surface area contributed by atoms with Gasteiger partial charge in [0.1, 0.15) is 0 Å². The van der Waals surface area contributed by atoms with Crippen LogP contribution in [0.15, 0.2) is 0 Å². The van der Waals surface area contributed by atoms with Crippen molar-refractivity contribution in [1.82, 2.24) is 0 Å². The summed E-state index contributed by atoms with van der Waals surface area (Å²) in [5, 5.41) is 0. The summed E-state index contributed by atoms with van der Waals surface area (Å²) in [7, 11) is -12.8. The zero-order valence-corrected chi connectivity index (χ0v) is 18.2. The molecule has 25 heavy (non-hydrogen) atoms. The lowest BCUT2D eigenvalue weighted by Crippen LogP contribution is -2.41. The van der Waals surface area contributed by atoms with E-state index in [1.807, 2.05) is 20.8 Å². The summed E-state index contributed by atoms with van der Waals surface area (Å²) < 4.78 is 73.3. The molecule has 0 radical (unpaired) electrons. The van der Waals surface area contributed by atoms with E-state index in [0.717, 1.165) is 19.3 Å². The number of hydrogen-bond donors (Lipinski definition) is 0. The lowest BCUT2D eigenvalue weighted by atomic mass is 10.3. The molecular formula is C16H34O6S3. The molecule has 0 aromatic rings. The molecule has 0 saturated heterocycles. The normalized spacial score (nSPS) is 13.4. The molecule has 0 aliphatic carbocycles. The van der Waals surface area contributed by atoms with Crippen molar-refractivity contribution >= 4 is 29.5 Å². The van der Waals surface area contributed by atoms with Gasteiger partial charge in [0.25, 0.3) is 3.91 Å². The third-order valence-electron chi connectivity index (χ3n) is 3.98. The Morgan fingerprint density at radius 3 is 0.920 bits per heavy atom. The van der Waals surface area contributed by atoms with E-state index in [1.54, 1.807) is 0 Å². The van der Waals surface area contributed by atoms with Crippen LogP contribution >= 0.6 is 0 Å². The summed E-state index contributed by atoms with van der Waals surface area (Å²) in [6.07, 6.45) is 5.03. The SMILES string of the molecule is CCCCCS(=O)(=O)C(S(=O)(=O)CCCCC)S(=O)(=O)CCCCC. The van der Waals surface area contributed by atoms with Crippen molar-refractivity contribution in [1.29, 1.82) is 0 Å². The van der Waals surface area contributed by atoms with Crippen LogP contribution in [0, 0.1) is 0 Å². The molecule has 0 heterocycles. The lowest BCUT2D eigenvalue weighted by Gasteiger charge is -2.19. The molecular weight excluding hydrogens is 384 g/mol. The van der Waals surface area contributed by atoms with Crippen molar-refractivity contribution in [2.24, 2.45) is 0 Å². The molecule has 0 atom stereocenters. The van der Waals surface area contributed by atoms with Gasteiger partial charge in [0.2, 0.25) is 0 Å². The van der Waals surface area contributed by atoms with Gasteiger partial charge >= 0.3 is 0 Å². The largest absolute Gasteiger partial charge is 0.262 e. The third-order valence-corrected chi connectivity index (χ3v) is 13.6. The summed E-state index contributed by atoms with van der Waals surface area (Å²) >= 11 is 0. The molecule has 0 aromatic heterocycles. The Morgan fingerprint density at radius 1 is 0.480 bits per heavy atom. The Bertz CT molecular complexity index is 568. The third kappa shape index (κ3) is 8.86. The predicted octanol–water partition coefficient (Wildman–Crippen LogP) is 3.09. The van der Waals surface area contributed by atoms with Gasteiger partial charge in [0.15, 0.2) is 29.5 Å². The molecule has 0 aliphatic heterocycles. The molecule has 152 valence electrons. The molecule has 0 N–H and O–H groups in total. The van der Waals surface area contributed by atoms with Crippen LogP contribution in [0.5, 0.6) is 0 Å². The van der Waals surface area contributed by atoms with Crippen LogP contribution in [0.3, 0.4) is 0 Å². The van der Waals surface area contributed by atoms with E-state index in [9.17, 15) is 25.3 Å². The van der Waals surface area contributed by atoms with Crippen LogP contribution in [0.25, 0.3) is 0 Å². The molecule has 0 saturated carbocycles. The van der Waals surface area contributed by atoms with E-state index in [4.69, 9.17) is 0 Å². The standard InChI is InChI=1S/C16H34O6S3/c1-4-7-10-13-23(17,18)16(24(19,20)14-11-8-5-2)25(21,22)15-12-9-6-3/h16H,4-15H2,1-3H3. The smallest absolute Gasteiger partial charge is 0.226 e. The van der Waals surface area contributed by atoms with Crippen LogP contribution in [-0.4, -0.2) is 46.4 Å². The van der Waals surface area contributed by atoms with Gasteiger partial charge in [-0.2, -0.15) is 0 Å². The number of rotatable bonds is 15. The second-order valence-electron chi connectivity index (χ2n) is 6.51. The molecule has 0 fully saturated rings. The molecule has 0 spiro atoms. The van der Waals surface area contributed by atoms with E-state index in [1.165, 1.54) is 0 Å². The van der Waals surface area contributed by atoms with Crippen molar-refractivity contribution in [2.45, 2.75) is 82.5 Å². The van der Waals surface area contributed by atoms with Crippen molar-refractivity contribution in [3.63, 3.8) is 0 Å². The molecule has 0 bridgehead atoms. The first-order valence-corrected chi connectivity index (χ1v) is 14.3. The first kappa shape index (κ1) is 24.8. The van der Waals surface area contributed by atoms with Crippen LogP contribution in [0.4, 0.5) is 0 Å². The Balaban J connectivity index is 5.65. The minimum absolute atomic E-state index is 0.282. The van der Waals surface area contributed by atoms with Gasteiger partial charge in [-0.25, -0.2) is 25.3 Å². The van der Waals surface area contributed by atoms with E-state index in [0.29, 0.717) is 19.3 Å². The maximum atomic E-state index is 12.6. The fraction of sp³-hybridized carbons (Fsp3) is 1.00. The van der Waals surface area contributed by atoms with Gasteiger partial charge in [0.05, 0.1) is 17.3 Å². The molecule has 0 rings (SSSR count). The summed E-state index contributed by atoms with van der Waals surface area (Å²) in [6.45, 7) is 5.69. The van der Waals surface area contributed by atoms with Crippen LogP contribution in [-0.2, 0) is 29.5 Å². The van der Waals surface area contributed by atoms with Gasteiger partial charge in [-0.15, -0.1) is 0 Å². The summed E-state index contributed by atoms with van der Waals surface area (Å²) in [4.78, 5) is 0. The van der Waals surface area contributed by atoms with Crippen LogP contribution in [0.2, 0.25) is 0 Å². The predicted molar refractivity (Wildman–Crippen MR) is 104 cm³/mol. The van der Waals surface area contributed by atoms with Crippen LogP contribution < -0.4 is 0 Å². The Morgan fingerprint density at radius 2 is 0.720 bits per heavy atom. The maximum absolute atomic E-state index is 12.6. The molecule has 0 aliphatic rings. The minimum Gasteiger partial charge on any atom is -0.226 e. The molecule has 9 heteroatoms. The van der Waals surface area contributed by atoms with Crippen molar-refractivity contribution < 1.29 is 25.3 Å². The van der Waals surface area contributed by atoms with Gasteiger partial charge in [0, 0.05) is 0 Å². The Hall–Kier alpha value is -0.150. The van der Waals surface area contributed by atoms with E-state index in [2.05, 4.69) is 0 Å². The Kier molecular flexibility index (Phi) is 11.5. The van der Waals surface area contributed by atoms with E-state index in [-0.39, 0.29) is 19.3 Å². The van der Waals surface area contributed by atoms with Crippen molar-refractivity contribution in [3.8, 4) is 0 Å². The minimum atomic E-state index is -4.26. The summed E-state index contributed by atoms with van der Waals surface area (Å²) in [5.74, 6) is -1.19. The second-order valence-corrected chi connectivity index (χ2v) is 14.0. The molecule has 6 nitrogen and oxygen atoms in total. The van der Waals surface area contributed by atoms with Crippen LogP contribution in [0.1, 0.15) is 78.6 Å². The zero-order valence-electron chi connectivity index (χ0n) is 15.7. The highest BCUT2D eigenvalue weighted by molar-refractivity contribution is 8.24. The number of hydrogen-bond acceptors (Lipinski definition) is 6. The van der Waals surface area contributed by atoms with Gasteiger partial charge < -0.3 is 0 Å². The highest BCUT2D eigenvalue weighted by atomic mass is 32.3. The van der Waals surface area contributed by atoms with Gasteiger partial charge in [-0.05, 0) is 19.3 Å². The summed E-state index contributed by atoms with van der Waals surface area (Å²) in [5.41, 5.74) is 0. The topological polar surface area (TPSA) is 102 Å². The van der Waals surface area contributed by atoms with Crippen molar-refractivity contribution in [3.05, 3.63) is 0 Å².